The number of hydrogen-bond acceptors (Lipinski definition) is 2. The number of hydrogen-bond donors (Lipinski definition) is 2. The van der Waals surface area contributed by atoms with Crippen LogP contribution in [0.25, 0.3) is 0 Å². The lowest BCUT2D eigenvalue weighted by atomic mass is 9.79. The van der Waals surface area contributed by atoms with Gasteiger partial charge in [0.15, 0.2) is 0 Å². The smallest absolute Gasteiger partial charge is 0.223 e. The number of nitrogens with one attached hydrogen (secondary N) is 1. The minimum Gasteiger partial charge on any atom is -0.356 e. The molecule has 0 radical (unpaired) electrons. The molecular formula is C15H30N2O. The predicted octanol–water partition coefficient (Wildman–Crippen LogP) is 2.69. The molecule has 3 heteroatoms. The van der Waals surface area contributed by atoms with E-state index in [0.29, 0.717) is 12.5 Å². The molecule has 2 atom stereocenters. The summed E-state index contributed by atoms with van der Waals surface area (Å²) < 4.78 is 0. The minimum atomic E-state index is 0.175. The Kier molecular flexibility index (Phi) is 7.33. The second-order valence-electron chi connectivity index (χ2n) is 6.07. The van der Waals surface area contributed by atoms with Crippen molar-refractivity contribution in [2.24, 2.45) is 23.5 Å². The van der Waals surface area contributed by atoms with Gasteiger partial charge in [0.05, 0.1) is 0 Å². The van der Waals surface area contributed by atoms with E-state index >= 15 is 0 Å². The third kappa shape index (κ3) is 5.38. The summed E-state index contributed by atoms with van der Waals surface area (Å²) in [6.07, 6.45) is 8.14. The molecule has 0 spiro atoms. The summed E-state index contributed by atoms with van der Waals surface area (Å²) in [4.78, 5) is 12.1. The molecule has 0 bridgehead atoms. The molecule has 106 valence electrons. The largest absolute Gasteiger partial charge is 0.356 e. The van der Waals surface area contributed by atoms with Crippen LogP contribution < -0.4 is 11.1 Å². The van der Waals surface area contributed by atoms with E-state index in [1.165, 1.54) is 25.7 Å². The fraction of sp³-hybridized carbons (Fsp3) is 0.933. The van der Waals surface area contributed by atoms with E-state index in [1.807, 2.05) is 0 Å². The van der Waals surface area contributed by atoms with Crippen molar-refractivity contribution < 1.29 is 4.79 Å². The molecule has 0 aromatic heterocycles. The lowest BCUT2D eigenvalue weighted by Crippen LogP contribution is -2.39. The number of nitrogens with two attached hydrogens (primary N) is 1. The van der Waals surface area contributed by atoms with Crippen molar-refractivity contribution in [1.29, 1.82) is 0 Å². The molecule has 0 heterocycles. The molecule has 1 aliphatic carbocycles. The van der Waals surface area contributed by atoms with Crippen LogP contribution in [0.3, 0.4) is 0 Å². The van der Waals surface area contributed by atoms with E-state index < -0.39 is 0 Å². The summed E-state index contributed by atoms with van der Waals surface area (Å²) in [5.41, 5.74) is 5.76. The molecule has 1 amide bonds. The Morgan fingerprint density at radius 1 is 1.28 bits per heavy atom. The average Bonchev–Trinajstić information content (AvgIpc) is 2.37. The van der Waals surface area contributed by atoms with E-state index in [2.05, 4.69) is 19.2 Å². The Morgan fingerprint density at radius 2 is 2.00 bits per heavy atom. The third-order valence-corrected chi connectivity index (χ3v) is 4.06. The minimum absolute atomic E-state index is 0.175. The van der Waals surface area contributed by atoms with Crippen molar-refractivity contribution in [1.82, 2.24) is 5.32 Å². The van der Waals surface area contributed by atoms with Crippen molar-refractivity contribution >= 4 is 5.91 Å². The maximum Gasteiger partial charge on any atom is 0.223 e. The molecule has 0 saturated heterocycles. The standard InChI is InChI=1S/C15H30N2O/c1-12(2)7-5-6-10-17-15(18)14-9-4-3-8-13(14)11-16/h12-14H,3-11,16H2,1-2H3,(H,17,18). The number of rotatable bonds is 7. The SMILES string of the molecule is CC(C)CCCCNC(=O)C1CCCCC1CN. The maximum absolute atomic E-state index is 12.1. The molecule has 0 aromatic carbocycles. The van der Waals surface area contributed by atoms with Crippen LogP contribution in [-0.2, 0) is 4.79 Å². The third-order valence-electron chi connectivity index (χ3n) is 4.06. The lowest BCUT2D eigenvalue weighted by Gasteiger charge is -2.29. The molecule has 2 unspecified atom stereocenters. The van der Waals surface area contributed by atoms with E-state index in [-0.39, 0.29) is 11.8 Å². The summed E-state index contributed by atoms with van der Waals surface area (Å²) in [6, 6.07) is 0. The fourth-order valence-corrected chi connectivity index (χ4v) is 2.86. The first-order valence-electron chi connectivity index (χ1n) is 7.63. The molecule has 1 aliphatic rings. The lowest BCUT2D eigenvalue weighted by molar-refractivity contribution is -0.127. The topological polar surface area (TPSA) is 55.1 Å². The van der Waals surface area contributed by atoms with Crippen molar-refractivity contribution in [2.45, 2.75) is 58.8 Å². The summed E-state index contributed by atoms with van der Waals surface area (Å²) in [6.45, 7) is 5.98. The van der Waals surface area contributed by atoms with Gasteiger partial charge in [-0.25, -0.2) is 0 Å². The van der Waals surface area contributed by atoms with E-state index in [9.17, 15) is 4.79 Å². The van der Waals surface area contributed by atoms with E-state index in [4.69, 9.17) is 5.73 Å². The van der Waals surface area contributed by atoms with Gasteiger partial charge in [0, 0.05) is 12.5 Å². The van der Waals surface area contributed by atoms with Gasteiger partial charge in [0.2, 0.25) is 5.91 Å². The van der Waals surface area contributed by atoms with Gasteiger partial charge in [-0.05, 0) is 37.6 Å². The second-order valence-corrected chi connectivity index (χ2v) is 6.07. The van der Waals surface area contributed by atoms with Gasteiger partial charge in [-0.1, -0.05) is 39.5 Å². The highest BCUT2D eigenvalue weighted by Gasteiger charge is 2.29. The molecule has 1 rings (SSSR count). The highest BCUT2D eigenvalue weighted by Crippen LogP contribution is 2.29. The number of amides is 1. The zero-order valence-electron chi connectivity index (χ0n) is 12.1. The second kappa shape index (κ2) is 8.52. The number of carbonyl (C=O) groups is 1. The van der Waals surface area contributed by atoms with Crippen LogP contribution in [0.4, 0.5) is 0 Å². The van der Waals surface area contributed by atoms with Gasteiger partial charge < -0.3 is 11.1 Å². The van der Waals surface area contributed by atoms with E-state index in [0.717, 1.165) is 31.7 Å². The highest BCUT2D eigenvalue weighted by molar-refractivity contribution is 5.79. The Bertz CT molecular complexity index is 241. The molecule has 1 fully saturated rings. The summed E-state index contributed by atoms with van der Waals surface area (Å²) >= 11 is 0. The van der Waals surface area contributed by atoms with Gasteiger partial charge in [-0.3, -0.25) is 4.79 Å². The molecule has 3 N–H and O–H groups in total. The summed E-state index contributed by atoms with van der Waals surface area (Å²) in [5.74, 6) is 1.60. The number of carbonyl (C=O) groups excluding carboxylic acids is 1. The van der Waals surface area contributed by atoms with Gasteiger partial charge >= 0.3 is 0 Å². The zero-order valence-corrected chi connectivity index (χ0v) is 12.1. The van der Waals surface area contributed by atoms with Gasteiger partial charge in [-0.15, -0.1) is 0 Å². The van der Waals surface area contributed by atoms with Crippen molar-refractivity contribution in [2.75, 3.05) is 13.1 Å². The number of unbranched alkanes of at least 4 members (excludes halogenated alkanes) is 1. The van der Waals surface area contributed by atoms with Crippen LogP contribution in [0.5, 0.6) is 0 Å². The molecule has 0 aliphatic heterocycles. The van der Waals surface area contributed by atoms with Crippen LogP contribution in [-0.4, -0.2) is 19.0 Å². The van der Waals surface area contributed by atoms with Crippen molar-refractivity contribution in [3.05, 3.63) is 0 Å². The molecule has 18 heavy (non-hydrogen) atoms. The molecule has 3 nitrogen and oxygen atoms in total. The van der Waals surface area contributed by atoms with Crippen molar-refractivity contribution in [3.8, 4) is 0 Å². The zero-order chi connectivity index (χ0) is 13.4. The van der Waals surface area contributed by atoms with Crippen LogP contribution in [0.1, 0.15) is 58.8 Å². The quantitative estimate of drug-likeness (QED) is 0.686. The molecular weight excluding hydrogens is 224 g/mol. The first-order chi connectivity index (χ1) is 8.65. The Hall–Kier alpha value is -0.570. The van der Waals surface area contributed by atoms with Crippen molar-refractivity contribution in [3.63, 3.8) is 0 Å². The Morgan fingerprint density at radius 3 is 2.67 bits per heavy atom. The van der Waals surface area contributed by atoms with Crippen LogP contribution in [0.15, 0.2) is 0 Å². The van der Waals surface area contributed by atoms with Gasteiger partial charge in [0.1, 0.15) is 0 Å². The van der Waals surface area contributed by atoms with Crippen LogP contribution in [0.2, 0.25) is 0 Å². The van der Waals surface area contributed by atoms with Gasteiger partial charge in [-0.2, -0.15) is 0 Å². The maximum atomic E-state index is 12.1. The van der Waals surface area contributed by atoms with Crippen LogP contribution >= 0.6 is 0 Å². The monoisotopic (exact) mass is 254 g/mol. The first-order valence-corrected chi connectivity index (χ1v) is 7.63. The Balaban J connectivity index is 2.18. The molecule has 0 aromatic rings. The normalized spacial score (nSPS) is 24.2. The average molecular weight is 254 g/mol. The fourth-order valence-electron chi connectivity index (χ4n) is 2.86. The summed E-state index contributed by atoms with van der Waals surface area (Å²) in [7, 11) is 0. The molecule has 1 saturated carbocycles. The predicted molar refractivity (Wildman–Crippen MR) is 76.2 cm³/mol. The Labute approximate surface area is 112 Å². The highest BCUT2D eigenvalue weighted by atomic mass is 16.1. The van der Waals surface area contributed by atoms with E-state index in [1.54, 1.807) is 0 Å². The van der Waals surface area contributed by atoms with Gasteiger partial charge in [0.25, 0.3) is 0 Å². The summed E-state index contributed by atoms with van der Waals surface area (Å²) in [5, 5.41) is 3.10. The van der Waals surface area contributed by atoms with Crippen LogP contribution in [0, 0.1) is 17.8 Å². The first kappa shape index (κ1) is 15.5.